The van der Waals surface area contributed by atoms with Crippen molar-refractivity contribution in [1.29, 1.82) is 0 Å². The van der Waals surface area contributed by atoms with Crippen LogP contribution in [0.3, 0.4) is 0 Å². The first kappa shape index (κ1) is 18.2. The van der Waals surface area contributed by atoms with Crippen LogP contribution in [0, 0.1) is 0 Å². The molecule has 0 fully saturated rings. The van der Waals surface area contributed by atoms with Crippen molar-refractivity contribution in [3.05, 3.63) is 67.0 Å². The van der Waals surface area contributed by atoms with Crippen LogP contribution < -0.4 is 5.32 Å². The second-order valence-electron chi connectivity index (χ2n) is 6.20. The van der Waals surface area contributed by atoms with Crippen LogP contribution in [0.2, 0.25) is 0 Å². The van der Waals surface area contributed by atoms with Gasteiger partial charge in [-0.3, -0.25) is 0 Å². The molecule has 28 heavy (non-hydrogen) atoms. The molecule has 0 aliphatic rings. The topological polar surface area (TPSA) is 80.4 Å². The molecule has 0 aliphatic heterocycles. The van der Waals surface area contributed by atoms with Crippen LogP contribution >= 0.6 is 0 Å². The fraction of sp³-hybridized carbons (Fsp3) is 0.182. The van der Waals surface area contributed by atoms with Gasteiger partial charge in [-0.2, -0.15) is 0 Å². The summed E-state index contributed by atoms with van der Waals surface area (Å²) in [6.45, 7) is 1.36. The number of nitrogens with zero attached hydrogens (tertiary/aromatic N) is 2. The number of aliphatic hydroxyl groups is 1. The van der Waals surface area contributed by atoms with Gasteiger partial charge in [-0.05, 0) is 5.56 Å². The van der Waals surface area contributed by atoms with Gasteiger partial charge in [0.2, 0.25) is 5.71 Å². The lowest BCUT2D eigenvalue weighted by Gasteiger charge is -2.08. The van der Waals surface area contributed by atoms with Crippen LogP contribution in [0.4, 0.5) is 5.82 Å². The maximum atomic E-state index is 8.82. The summed E-state index contributed by atoms with van der Waals surface area (Å²) in [4.78, 5) is 8.78. The van der Waals surface area contributed by atoms with Gasteiger partial charge in [0.1, 0.15) is 17.9 Å². The van der Waals surface area contributed by atoms with Gasteiger partial charge >= 0.3 is 0 Å². The van der Waals surface area contributed by atoms with E-state index in [1.165, 1.54) is 6.33 Å². The van der Waals surface area contributed by atoms with Crippen molar-refractivity contribution in [3.63, 3.8) is 0 Å². The third kappa shape index (κ3) is 3.74. The number of aromatic nitrogens is 2. The van der Waals surface area contributed by atoms with Gasteiger partial charge < -0.3 is 19.6 Å². The van der Waals surface area contributed by atoms with Gasteiger partial charge in [0.15, 0.2) is 0 Å². The molecular weight excluding hydrogens is 354 g/mol. The zero-order valence-corrected chi connectivity index (χ0v) is 15.3. The third-order valence-electron chi connectivity index (χ3n) is 4.36. The number of anilines is 1. The van der Waals surface area contributed by atoms with Gasteiger partial charge in [-0.25, -0.2) is 9.97 Å². The van der Waals surface area contributed by atoms with Crippen LogP contribution in [0.15, 0.2) is 71.4 Å². The van der Waals surface area contributed by atoms with Gasteiger partial charge in [-0.15, -0.1) is 0 Å². The fourth-order valence-corrected chi connectivity index (χ4v) is 3.15. The van der Waals surface area contributed by atoms with Crippen molar-refractivity contribution in [3.8, 4) is 22.5 Å². The smallest absolute Gasteiger partial charge is 0.232 e. The summed E-state index contributed by atoms with van der Waals surface area (Å²) in [6, 6.07) is 20.1. The molecule has 0 radical (unpaired) electrons. The van der Waals surface area contributed by atoms with Crippen LogP contribution in [-0.4, -0.2) is 41.4 Å². The van der Waals surface area contributed by atoms with Crippen molar-refractivity contribution in [1.82, 2.24) is 9.97 Å². The van der Waals surface area contributed by atoms with E-state index in [1.54, 1.807) is 0 Å². The average Bonchev–Trinajstić information content (AvgIpc) is 3.15. The summed E-state index contributed by atoms with van der Waals surface area (Å²) in [5.41, 5.74) is 3.51. The number of hydrogen-bond acceptors (Lipinski definition) is 6. The SMILES string of the molecule is OCCOCCNc1ncnc2oc(-c3ccccc3)c(-c3ccccc3)c12. The number of benzene rings is 2. The quantitative estimate of drug-likeness (QED) is 0.454. The van der Waals surface area contributed by atoms with E-state index in [2.05, 4.69) is 27.4 Å². The lowest BCUT2D eigenvalue weighted by Crippen LogP contribution is -2.12. The molecule has 2 aromatic heterocycles. The monoisotopic (exact) mass is 375 g/mol. The Morgan fingerprint density at radius 3 is 2.32 bits per heavy atom. The number of furan rings is 1. The summed E-state index contributed by atoms with van der Waals surface area (Å²) in [5, 5.41) is 13.0. The maximum Gasteiger partial charge on any atom is 0.232 e. The van der Waals surface area contributed by atoms with E-state index >= 15 is 0 Å². The molecule has 0 amide bonds. The minimum atomic E-state index is 0.0120. The number of fused-ring (bicyclic) bond motifs is 1. The highest BCUT2D eigenvalue weighted by Crippen LogP contribution is 2.42. The molecule has 0 atom stereocenters. The van der Waals surface area contributed by atoms with Crippen LogP contribution in [0.5, 0.6) is 0 Å². The first-order chi connectivity index (χ1) is 13.9. The maximum absolute atomic E-state index is 8.82. The molecule has 0 aliphatic carbocycles. The summed E-state index contributed by atoms with van der Waals surface area (Å²) in [7, 11) is 0. The Bertz CT molecular complexity index is 1030. The first-order valence-electron chi connectivity index (χ1n) is 9.19. The Hall–Kier alpha value is -3.22. The number of ether oxygens (including phenoxy) is 1. The highest BCUT2D eigenvalue weighted by atomic mass is 16.5. The number of hydrogen-bond donors (Lipinski definition) is 2. The third-order valence-corrected chi connectivity index (χ3v) is 4.36. The molecular formula is C22H21N3O3. The summed E-state index contributed by atoms with van der Waals surface area (Å²) in [6.07, 6.45) is 1.49. The van der Waals surface area contributed by atoms with E-state index < -0.39 is 0 Å². The Labute approximate surface area is 162 Å². The molecule has 0 saturated heterocycles. The van der Waals surface area contributed by atoms with Gasteiger partial charge in [0, 0.05) is 17.7 Å². The fourth-order valence-electron chi connectivity index (χ4n) is 3.15. The van der Waals surface area contributed by atoms with Crippen LogP contribution in [0.25, 0.3) is 33.6 Å². The average molecular weight is 375 g/mol. The molecule has 0 saturated carbocycles. The molecule has 4 aromatic rings. The Balaban J connectivity index is 1.81. The molecule has 142 valence electrons. The predicted molar refractivity (Wildman–Crippen MR) is 109 cm³/mol. The van der Waals surface area contributed by atoms with Crippen molar-refractivity contribution in [2.24, 2.45) is 0 Å². The highest BCUT2D eigenvalue weighted by Gasteiger charge is 2.21. The summed E-state index contributed by atoms with van der Waals surface area (Å²) < 4.78 is 11.5. The van der Waals surface area contributed by atoms with Crippen molar-refractivity contribution >= 4 is 16.9 Å². The molecule has 2 N–H and O–H groups in total. The summed E-state index contributed by atoms with van der Waals surface area (Å²) in [5.74, 6) is 1.46. The Morgan fingerprint density at radius 1 is 0.893 bits per heavy atom. The van der Waals surface area contributed by atoms with E-state index in [1.807, 2.05) is 48.5 Å². The molecule has 0 bridgehead atoms. The second-order valence-corrected chi connectivity index (χ2v) is 6.20. The predicted octanol–water partition coefficient (Wildman–Crippen LogP) is 3.98. The van der Waals surface area contributed by atoms with Crippen molar-refractivity contribution in [2.45, 2.75) is 0 Å². The second kappa shape index (κ2) is 8.65. The minimum Gasteiger partial charge on any atom is -0.437 e. The van der Waals surface area contributed by atoms with Crippen LogP contribution in [-0.2, 0) is 4.74 Å². The van der Waals surface area contributed by atoms with E-state index in [0.717, 1.165) is 27.8 Å². The standard InChI is InChI=1S/C22H21N3O3/c26-12-14-27-13-11-23-21-19-18(16-7-3-1-4-8-16)20(17-9-5-2-6-10-17)28-22(19)25-15-24-21/h1-10,15,26H,11-14H2,(H,23,24,25). The lowest BCUT2D eigenvalue weighted by atomic mass is 9.99. The summed E-state index contributed by atoms with van der Waals surface area (Å²) >= 11 is 0. The number of aliphatic hydroxyl groups excluding tert-OH is 1. The number of rotatable bonds is 8. The minimum absolute atomic E-state index is 0.0120. The lowest BCUT2D eigenvalue weighted by molar-refractivity contribution is 0.0992. The molecule has 2 heterocycles. The van der Waals surface area contributed by atoms with E-state index in [4.69, 9.17) is 14.3 Å². The van der Waals surface area contributed by atoms with E-state index in [0.29, 0.717) is 31.3 Å². The normalized spacial score (nSPS) is 11.0. The largest absolute Gasteiger partial charge is 0.437 e. The molecule has 6 heteroatoms. The first-order valence-corrected chi connectivity index (χ1v) is 9.19. The van der Waals surface area contributed by atoms with Crippen molar-refractivity contribution in [2.75, 3.05) is 31.7 Å². The zero-order valence-electron chi connectivity index (χ0n) is 15.3. The molecule has 0 spiro atoms. The van der Waals surface area contributed by atoms with Gasteiger partial charge in [0.05, 0.1) is 25.2 Å². The molecule has 0 unspecified atom stereocenters. The number of nitrogens with one attached hydrogen (secondary N) is 1. The van der Waals surface area contributed by atoms with Gasteiger partial charge in [0.25, 0.3) is 0 Å². The zero-order chi connectivity index (χ0) is 19.2. The molecule has 6 nitrogen and oxygen atoms in total. The Kier molecular flexibility index (Phi) is 5.61. The van der Waals surface area contributed by atoms with Crippen LogP contribution in [0.1, 0.15) is 0 Å². The highest BCUT2D eigenvalue weighted by molar-refractivity contribution is 6.05. The van der Waals surface area contributed by atoms with E-state index in [9.17, 15) is 0 Å². The van der Waals surface area contributed by atoms with Gasteiger partial charge in [-0.1, -0.05) is 60.7 Å². The van der Waals surface area contributed by atoms with E-state index in [-0.39, 0.29) is 6.61 Å². The molecule has 4 rings (SSSR count). The van der Waals surface area contributed by atoms with Crippen molar-refractivity contribution < 1.29 is 14.3 Å². The molecule has 2 aromatic carbocycles. The Morgan fingerprint density at radius 2 is 1.61 bits per heavy atom.